The van der Waals surface area contributed by atoms with E-state index in [-0.39, 0.29) is 29.4 Å². The molecule has 1 fully saturated rings. The van der Waals surface area contributed by atoms with Gasteiger partial charge in [0.15, 0.2) is 0 Å². The third-order valence-electron chi connectivity index (χ3n) is 9.84. The maximum Gasteiger partial charge on any atom is 0.347 e. The molecule has 1 aromatic heterocycles. The number of aromatic amines is 1. The number of likely N-dealkylation sites (tertiary alicyclic amines) is 1. The quantitative estimate of drug-likeness (QED) is 0.0643. The molecule has 50 heavy (non-hydrogen) atoms. The van der Waals surface area contributed by atoms with Crippen LogP contribution in [0.25, 0.3) is 10.9 Å². The maximum atomic E-state index is 13.6. The second-order valence-electron chi connectivity index (χ2n) is 13.4. The molecule has 5 rings (SSSR count). The molecule has 0 saturated carbocycles. The standard InChI is InChI=1S/C40H50FN3O6/c41-32-15-13-31(14-16-32)40(49,30-11-7-6-8-12-30)39(48)50-28-29-21-25-44(26-22-29)24-10-5-3-1-2-4-9-23-42-27-36(46)33-17-19-35(45)38-34(33)18-20-37(47)43-38/h6-8,11-20,29,36,42,45-46,49H,1-5,9-10,21-28H2,(H,43,47). The number of phenolic OH excluding ortho intramolecular Hbond substituents is 1. The molecule has 9 nitrogen and oxygen atoms in total. The van der Waals surface area contributed by atoms with E-state index in [9.17, 15) is 29.3 Å². The normalized spacial score (nSPS) is 15.9. The molecule has 10 heteroatoms. The van der Waals surface area contributed by atoms with E-state index in [0.29, 0.717) is 28.6 Å². The molecule has 0 amide bonds. The highest BCUT2D eigenvalue weighted by molar-refractivity contribution is 5.87. The Balaban J connectivity index is 0.905. The van der Waals surface area contributed by atoms with E-state index in [1.165, 1.54) is 68.5 Å². The second kappa shape index (κ2) is 18.2. The van der Waals surface area contributed by atoms with E-state index < -0.39 is 23.5 Å². The van der Waals surface area contributed by atoms with E-state index in [2.05, 4.69) is 15.2 Å². The molecule has 1 aliphatic rings. The molecule has 0 spiro atoms. The third-order valence-corrected chi connectivity index (χ3v) is 9.84. The number of pyridine rings is 1. The van der Waals surface area contributed by atoms with Gasteiger partial charge in [0.25, 0.3) is 0 Å². The summed E-state index contributed by atoms with van der Waals surface area (Å²) in [5, 5.41) is 36.3. The minimum atomic E-state index is -2.01. The van der Waals surface area contributed by atoms with Crippen molar-refractivity contribution in [1.82, 2.24) is 15.2 Å². The number of esters is 1. The number of benzene rings is 3. The Morgan fingerprint density at radius 2 is 1.56 bits per heavy atom. The first-order chi connectivity index (χ1) is 24.3. The lowest BCUT2D eigenvalue weighted by molar-refractivity contribution is -0.164. The van der Waals surface area contributed by atoms with E-state index >= 15 is 0 Å². The van der Waals surface area contributed by atoms with E-state index in [1.807, 2.05) is 0 Å². The van der Waals surface area contributed by atoms with Crippen molar-refractivity contribution in [2.75, 3.05) is 39.3 Å². The highest BCUT2D eigenvalue weighted by Gasteiger charge is 2.42. The molecule has 4 aromatic rings. The number of fused-ring (bicyclic) bond motifs is 1. The molecule has 0 radical (unpaired) electrons. The van der Waals surface area contributed by atoms with Gasteiger partial charge in [0.05, 0.1) is 18.2 Å². The highest BCUT2D eigenvalue weighted by Crippen LogP contribution is 2.32. The van der Waals surface area contributed by atoms with E-state index in [1.54, 1.807) is 42.5 Å². The van der Waals surface area contributed by atoms with Crippen LogP contribution < -0.4 is 10.9 Å². The van der Waals surface area contributed by atoms with Crippen molar-refractivity contribution in [3.05, 3.63) is 112 Å². The molecule has 1 saturated heterocycles. The van der Waals surface area contributed by atoms with Gasteiger partial charge in [-0.1, -0.05) is 80.6 Å². The number of aromatic hydroxyl groups is 1. The third kappa shape index (κ3) is 9.78. The molecule has 1 aliphatic heterocycles. The van der Waals surface area contributed by atoms with Gasteiger partial charge in [0, 0.05) is 18.0 Å². The van der Waals surface area contributed by atoms with E-state index in [4.69, 9.17) is 4.74 Å². The Morgan fingerprint density at radius 1 is 0.900 bits per heavy atom. The van der Waals surface area contributed by atoms with Gasteiger partial charge in [0.2, 0.25) is 11.2 Å². The first-order valence-electron chi connectivity index (χ1n) is 17.9. The van der Waals surface area contributed by atoms with Crippen molar-refractivity contribution in [2.45, 2.75) is 69.5 Å². The zero-order valence-corrected chi connectivity index (χ0v) is 28.7. The number of hydrogen-bond donors (Lipinski definition) is 5. The molecule has 2 atom stereocenters. The van der Waals surface area contributed by atoms with Gasteiger partial charge in [-0.3, -0.25) is 4.79 Å². The minimum absolute atomic E-state index is 0.0135. The van der Waals surface area contributed by atoms with Crippen LogP contribution in [0.1, 0.15) is 80.6 Å². The molecule has 0 bridgehead atoms. The van der Waals surface area contributed by atoms with Gasteiger partial charge in [-0.2, -0.15) is 0 Å². The summed E-state index contributed by atoms with van der Waals surface area (Å²) in [6.45, 7) is 4.47. The first-order valence-corrected chi connectivity index (χ1v) is 17.9. The highest BCUT2D eigenvalue weighted by atomic mass is 19.1. The number of ether oxygens (including phenoxy) is 1. The Kier molecular flexibility index (Phi) is 13.6. The van der Waals surface area contributed by atoms with Crippen molar-refractivity contribution in [1.29, 1.82) is 0 Å². The Morgan fingerprint density at radius 3 is 2.28 bits per heavy atom. The van der Waals surface area contributed by atoms with Gasteiger partial charge in [-0.15, -0.1) is 0 Å². The molecule has 0 aliphatic carbocycles. The Hall–Kier alpha value is -4.09. The summed E-state index contributed by atoms with van der Waals surface area (Å²) >= 11 is 0. The number of H-pyrrole nitrogens is 1. The number of nitrogens with one attached hydrogen (secondary N) is 2. The zero-order valence-electron chi connectivity index (χ0n) is 28.7. The van der Waals surface area contributed by atoms with Gasteiger partial charge >= 0.3 is 5.97 Å². The minimum Gasteiger partial charge on any atom is -0.506 e. The second-order valence-corrected chi connectivity index (χ2v) is 13.4. The fraction of sp³-hybridized carbons (Fsp3) is 0.450. The van der Waals surface area contributed by atoms with Crippen molar-refractivity contribution in [3.8, 4) is 5.75 Å². The number of unbranched alkanes of at least 4 members (excludes halogenated alkanes) is 6. The SMILES string of the molecule is O=C(OCC1CCN(CCCCCCCCCNCC(O)c2ccc(O)c3[nH]c(=O)ccc23)CC1)C(O)(c1ccccc1)c1ccc(F)cc1. The molecule has 2 heterocycles. The van der Waals surface area contributed by atoms with E-state index in [0.717, 1.165) is 51.9 Å². The van der Waals surface area contributed by atoms with Crippen LogP contribution in [0.15, 0.2) is 83.7 Å². The predicted molar refractivity (Wildman–Crippen MR) is 192 cm³/mol. The van der Waals surface area contributed by atoms with Crippen LogP contribution in [0, 0.1) is 11.7 Å². The number of nitrogens with zero attached hydrogens (tertiary/aromatic N) is 1. The predicted octanol–water partition coefficient (Wildman–Crippen LogP) is 5.92. The maximum absolute atomic E-state index is 13.6. The fourth-order valence-electron chi connectivity index (χ4n) is 6.82. The van der Waals surface area contributed by atoms with Crippen molar-refractivity contribution < 1.29 is 29.2 Å². The number of aromatic nitrogens is 1. The first kappa shape index (κ1) is 37.2. The molecule has 268 valence electrons. The van der Waals surface area contributed by atoms with Crippen molar-refractivity contribution >= 4 is 16.9 Å². The number of hydrogen-bond acceptors (Lipinski definition) is 8. The van der Waals surface area contributed by atoms with Crippen molar-refractivity contribution in [2.24, 2.45) is 5.92 Å². The van der Waals surface area contributed by atoms with Gasteiger partial charge in [-0.05, 0) is 98.7 Å². The fourth-order valence-corrected chi connectivity index (χ4v) is 6.82. The summed E-state index contributed by atoms with van der Waals surface area (Å²) in [5.74, 6) is -0.961. The molecule has 3 aromatic carbocycles. The van der Waals surface area contributed by atoms with Crippen LogP contribution in [0.4, 0.5) is 4.39 Å². The number of carbonyl (C=O) groups excluding carboxylic acids is 1. The number of carbonyl (C=O) groups is 1. The number of aliphatic hydroxyl groups excluding tert-OH is 1. The van der Waals surface area contributed by atoms with Crippen molar-refractivity contribution in [3.63, 3.8) is 0 Å². The number of halogens is 1. The number of rotatable bonds is 18. The topological polar surface area (TPSA) is 135 Å². The average Bonchev–Trinajstić information content (AvgIpc) is 3.14. The summed E-state index contributed by atoms with van der Waals surface area (Å²) in [6.07, 6.45) is 9.29. The summed E-state index contributed by atoms with van der Waals surface area (Å²) in [6, 6.07) is 20.2. The Bertz CT molecular complexity index is 1710. The van der Waals surface area contributed by atoms with Gasteiger partial charge in [-0.25, -0.2) is 9.18 Å². The van der Waals surface area contributed by atoms with Crippen LogP contribution in [-0.4, -0.2) is 70.5 Å². The summed E-state index contributed by atoms with van der Waals surface area (Å²) in [7, 11) is 0. The molecular formula is C40H50FN3O6. The lowest BCUT2D eigenvalue weighted by Crippen LogP contribution is -2.40. The van der Waals surface area contributed by atoms with Crippen LogP contribution in [0.5, 0.6) is 5.75 Å². The monoisotopic (exact) mass is 687 g/mol. The van der Waals surface area contributed by atoms with Crippen LogP contribution >= 0.6 is 0 Å². The average molecular weight is 688 g/mol. The number of aliphatic hydroxyl groups is 2. The Labute approximate surface area is 293 Å². The summed E-state index contributed by atoms with van der Waals surface area (Å²) in [5.41, 5.74) is -0.630. The largest absolute Gasteiger partial charge is 0.506 e. The molecule has 2 unspecified atom stereocenters. The zero-order chi connectivity index (χ0) is 35.3. The summed E-state index contributed by atoms with van der Waals surface area (Å²) in [4.78, 5) is 30.0. The van der Waals surface area contributed by atoms with Crippen LogP contribution in [0.2, 0.25) is 0 Å². The number of phenols is 1. The van der Waals surface area contributed by atoms with Gasteiger partial charge < -0.3 is 35.3 Å². The lowest BCUT2D eigenvalue weighted by Gasteiger charge is -2.33. The lowest BCUT2D eigenvalue weighted by atomic mass is 9.86. The number of piperidine rings is 1. The summed E-state index contributed by atoms with van der Waals surface area (Å²) < 4.78 is 19.3. The van der Waals surface area contributed by atoms with Gasteiger partial charge in [0.1, 0.15) is 11.6 Å². The smallest absolute Gasteiger partial charge is 0.347 e. The van der Waals surface area contributed by atoms with Crippen LogP contribution in [-0.2, 0) is 15.1 Å². The van der Waals surface area contributed by atoms with Crippen LogP contribution in [0.3, 0.4) is 0 Å². The molecule has 5 N–H and O–H groups in total. The molecular weight excluding hydrogens is 637 g/mol.